The fraction of sp³-hybridized carbons (Fsp3) is 0.118. The van der Waals surface area contributed by atoms with Gasteiger partial charge in [-0.1, -0.05) is 42.5 Å². The van der Waals surface area contributed by atoms with E-state index in [9.17, 15) is 13.2 Å². The normalized spacial score (nSPS) is 17.3. The first-order valence-corrected chi connectivity index (χ1v) is 8.78. The minimum atomic E-state index is -3.80. The number of carbonyl (C=O) groups is 1. The van der Waals surface area contributed by atoms with E-state index in [1.165, 1.54) is 6.08 Å². The molecule has 0 fully saturated rings. The number of rotatable bonds is 4. The summed E-state index contributed by atoms with van der Waals surface area (Å²) in [7, 11) is -3.80. The number of nitrogens with zero attached hydrogens (tertiary/aromatic N) is 1. The highest BCUT2D eigenvalue weighted by Gasteiger charge is 2.34. The number of sulfonamides is 1. The molecule has 0 saturated carbocycles. The second-order valence-electron chi connectivity index (χ2n) is 5.27. The first kappa shape index (κ1) is 16.1. The zero-order valence-corrected chi connectivity index (χ0v) is 13.5. The highest BCUT2D eigenvalue weighted by atomic mass is 32.2. The molecule has 0 spiro atoms. The maximum Gasteiger partial charge on any atom is 0.260 e. The van der Waals surface area contributed by atoms with Gasteiger partial charge < -0.3 is 10.5 Å². The Bertz CT molecular complexity index is 878. The van der Waals surface area contributed by atoms with Gasteiger partial charge in [-0.25, -0.2) is 8.42 Å². The van der Waals surface area contributed by atoms with Gasteiger partial charge in [0.1, 0.15) is 5.75 Å². The van der Waals surface area contributed by atoms with Crippen molar-refractivity contribution < 1.29 is 17.9 Å². The Morgan fingerprint density at radius 2 is 1.79 bits per heavy atom. The van der Waals surface area contributed by atoms with E-state index < -0.39 is 22.0 Å². The van der Waals surface area contributed by atoms with Crippen molar-refractivity contribution >= 4 is 27.7 Å². The van der Waals surface area contributed by atoms with Crippen LogP contribution in [0.15, 0.2) is 60.0 Å². The highest BCUT2D eigenvalue weighted by Crippen LogP contribution is 2.35. The molecule has 1 heterocycles. The minimum Gasteiger partial charge on any atom is -0.476 e. The molecule has 2 aromatic rings. The van der Waals surface area contributed by atoms with E-state index in [0.717, 1.165) is 15.3 Å². The molecular formula is C17H16N2O4S. The molecule has 24 heavy (non-hydrogen) atoms. The Balaban J connectivity index is 1.97. The number of benzene rings is 2. The second-order valence-corrected chi connectivity index (χ2v) is 7.01. The van der Waals surface area contributed by atoms with Crippen LogP contribution in [0.2, 0.25) is 0 Å². The first-order chi connectivity index (χ1) is 11.5. The maximum atomic E-state index is 12.7. The number of primary amides is 1. The Hall–Kier alpha value is -2.80. The van der Waals surface area contributed by atoms with Gasteiger partial charge in [0.2, 0.25) is 0 Å². The van der Waals surface area contributed by atoms with Crippen LogP contribution >= 0.6 is 0 Å². The summed E-state index contributed by atoms with van der Waals surface area (Å²) >= 11 is 0. The predicted octanol–water partition coefficient (Wildman–Crippen LogP) is 1.74. The van der Waals surface area contributed by atoms with Crippen molar-refractivity contribution in [3.05, 3.63) is 65.6 Å². The summed E-state index contributed by atoms with van der Waals surface area (Å²) in [6, 6.07) is 15.7. The molecule has 1 unspecified atom stereocenters. The fourth-order valence-electron chi connectivity index (χ4n) is 2.39. The molecule has 0 saturated heterocycles. The van der Waals surface area contributed by atoms with E-state index in [0.29, 0.717) is 11.4 Å². The van der Waals surface area contributed by atoms with Gasteiger partial charge in [0.15, 0.2) is 6.10 Å². The number of anilines is 1. The lowest BCUT2D eigenvalue weighted by Crippen LogP contribution is -2.48. The average Bonchev–Trinajstić information content (AvgIpc) is 2.60. The monoisotopic (exact) mass is 344 g/mol. The molecule has 0 bridgehead atoms. The number of hydrogen-bond acceptors (Lipinski definition) is 4. The quantitative estimate of drug-likeness (QED) is 0.915. The van der Waals surface area contributed by atoms with Gasteiger partial charge in [0, 0.05) is 0 Å². The standard InChI is InChI=1S/C17H16N2O4S/c18-17(20)16-12-19(14-8-4-5-9-15(14)23-16)24(21,22)11-10-13-6-2-1-3-7-13/h1-11,16H,12H2,(H2,18,20). The molecule has 1 aliphatic rings. The molecule has 0 radical (unpaired) electrons. The van der Waals surface area contributed by atoms with Crippen LogP contribution in [0, 0.1) is 0 Å². The number of carbonyl (C=O) groups excluding carboxylic acids is 1. The van der Waals surface area contributed by atoms with Crippen LogP contribution in [-0.4, -0.2) is 27.0 Å². The summed E-state index contributed by atoms with van der Waals surface area (Å²) < 4.78 is 32.1. The summed E-state index contributed by atoms with van der Waals surface area (Å²) in [6.45, 7) is -0.159. The molecular weight excluding hydrogens is 328 g/mol. The SMILES string of the molecule is NC(=O)C1CN(S(=O)(=O)C=Cc2ccccc2)c2ccccc2O1. The zero-order valence-electron chi connectivity index (χ0n) is 12.7. The van der Waals surface area contributed by atoms with E-state index in [1.54, 1.807) is 36.4 Å². The van der Waals surface area contributed by atoms with Gasteiger partial charge in [-0.3, -0.25) is 9.10 Å². The van der Waals surface area contributed by atoms with Crippen molar-refractivity contribution in [2.45, 2.75) is 6.10 Å². The Labute approximate surface area is 140 Å². The van der Waals surface area contributed by atoms with Crippen LogP contribution in [0.4, 0.5) is 5.69 Å². The van der Waals surface area contributed by atoms with Crippen LogP contribution in [0.25, 0.3) is 6.08 Å². The van der Waals surface area contributed by atoms with Crippen molar-refractivity contribution in [2.24, 2.45) is 5.73 Å². The van der Waals surface area contributed by atoms with Gasteiger partial charge in [-0.05, 0) is 23.8 Å². The van der Waals surface area contributed by atoms with E-state index >= 15 is 0 Å². The fourth-order valence-corrected chi connectivity index (χ4v) is 3.64. The molecule has 1 aliphatic heterocycles. The maximum absolute atomic E-state index is 12.7. The average molecular weight is 344 g/mol. The van der Waals surface area contributed by atoms with E-state index in [4.69, 9.17) is 10.5 Å². The molecule has 2 N–H and O–H groups in total. The van der Waals surface area contributed by atoms with Crippen molar-refractivity contribution in [2.75, 3.05) is 10.8 Å². The lowest BCUT2D eigenvalue weighted by molar-refractivity contribution is -0.124. The Morgan fingerprint density at radius 3 is 2.50 bits per heavy atom. The molecule has 7 heteroatoms. The zero-order chi connectivity index (χ0) is 17.2. The lowest BCUT2D eigenvalue weighted by atomic mass is 10.2. The van der Waals surface area contributed by atoms with Crippen molar-refractivity contribution in [3.8, 4) is 5.75 Å². The molecule has 3 rings (SSSR count). The van der Waals surface area contributed by atoms with Crippen LogP contribution in [-0.2, 0) is 14.8 Å². The van der Waals surface area contributed by atoms with Crippen LogP contribution in [0.5, 0.6) is 5.75 Å². The third kappa shape index (κ3) is 3.26. The minimum absolute atomic E-state index is 0.159. The molecule has 0 aliphatic carbocycles. The Morgan fingerprint density at radius 1 is 1.12 bits per heavy atom. The van der Waals surface area contributed by atoms with Gasteiger partial charge in [-0.2, -0.15) is 0 Å². The summed E-state index contributed by atoms with van der Waals surface area (Å²) in [5.74, 6) is -0.402. The lowest BCUT2D eigenvalue weighted by Gasteiger charge is -2.33. The van der Waals surface area contributed by atoms with Crippen molar-refractivity contribution in [1.29, 1.82) is 0 Å². The third-order valence-electron chi connectivity index (χ3n) is 3.59. The summed E-state index contributed by atoms with van der Waals surface area (Å²) in [5, 5.41) is 1.11. The van der Waals surface area contributed by atoms with Crippen LogP contribution < -0.4 is 14.8 Å². The summed E-state index contributed by atoms with van der Waals surface area (Å²) in [6.07, 6.45) is 0.479. The second kappa shape index (κ2) is 6.37. The molecule has 2 aromatic carbocycles. The largest absolute Gasteiger partial charge is 0.476 e. The van der Waals surface area contributed by atoms with Crippen molar-refractivity contribution in [1.82, 2.24) is 0 Å². The molecule has 1 atom stereocenters. The summed E-state index contributed by atoms with van der Waals surface area (Å²) in [4.78, 5) is 11.5. The number of para-hydroxylation sites is 2. The number of hydrogen-bond donors (Lipinski definition) is 1. The Kier molecular flexibility index (Phi) is 4.26. The number of nitrogens with two attached hydrogens (primary N) is 1. The van der Waals surface area contributed by atoms with E-state index in [2.05, 4.69) is 0 Å². The predicted molar refractivity (Wildman–Crippen MR) is 91.8 cm³/mol. The highest BCUT2D eigenvalue weighted by molar-refractivity contribution is 7.95. The van der Waals surface area contributed by atoms with E-state index in [1.807, 2.05) is 18.2 Å². The molecule has 1 amide bonds. The first-order valence-electron chi connectivity index (χ1n) is 7.28. The molecule has 0 aromatic heterocycles. The molecule has 124 valence electrons. The van der Waals surface area contributed by atoms with Gasteiger partial charge in [-0.15, -0.1) is 0 Å². The smallest absolute Gasteiger partial charge is 0.260 e. The van der Waals surface area contributed by atoms with Gasteiger partial charge in [0.05, 0.1) is 17.6 Å². The third-order valence-corrected chi connectivity index (χ3v) is 5.03. The van der Waals surface area contributed by atoms with E-state index in [-0.39, 0.29) is 6.54 Å². The van der Waals surface area contributed by atoms with Crippen LogP contribution in [0.1, 0.15) is 5.56 Å². The van der Waals surface area contributed by atoms with Crippen LogP contribution in [0.3, 0.4) is 0 Å². The number of amides is 1. The van der Waals surface area contributed by atoms with Crippen molar-refractivity contribution in [3.63, 3.8) is 0 Å². The summed E-state index contributed by atoms with van der Waals surface area (Å²) in [5.41, 5.74) is 6.43. The number of ether oxygens (including phenoxy) is 1. The van der Waals surface area contributed by atoms with Gasteiger partial charge >= 0.3 is 0 Å². The number of fused-ring (bicyclic) bond motifs is 1. The molecule has 6 nitrogen and oxygen atoms in total. The van der Waals surface area contributed by atoms with Gasteiger partial charge in [0.25, 0.3) is 15.9 Å². The topological polar surface area (TPSA) is 89.7 Å².